The molecule has 0 aromatic heterocycles. The summed E-state index contributed by atoms with van der Waals surface area (Å²) in [5.41, 5.74) is 0.0628. The minimum absolute atomic E-state index is 0.0628. The summed E-state index contributed by atoms with van der Waals surface area (Å²) in [5.74, 6) is 2.96. The maximum Gasteiger partial charge on any atom is 0.127 e. The molecule has 4 aliphatic rings. The van der Waals surface area contributed by atoms with E-state index in [1.165, 1.54) is 87.5 Å². The standard InChI is InChI=1S/C14H23N.C12H16O/c1-2-8-14(11-15)9-7-12-5-3-4-6-13(12)10-14;1-2-3-4-5-8-13-12-9-10-6-7-11(10)12/h12-13H,2-10H2,1H3;6-7,9H,2-5,8H2,1H3. The Kier molecular flexibility index (Phi) is 7.83. The van der Waals surface area contributed by atoms with Gasteiger partial charge < -0.3 is 4.74 Å². The van der Waals surface area contributed by atoms with Crippen molar-refractivity contribution < 1.29 is 4.74 Å². The molecule has 2 saturated carbocycles. The second-order valence-corrected chi connectivity index (χ2v) is 9.31. The van der Waals surface area contributed by atoms with Crippen molar-refractivity contribution in [3.8, 4) is 11.8 Å². The summed E-state index contributed by atoms with van der Waals surface area (Å²) < 4.78 is 5.61. The monoisotopic (exact) mass is 381 g/mol. The molecule has 2 heteroatoms. The van der Waals surface area contributed by atoms with Crippen molar-refractivity contribution in [1.29, 1.82) is 5.26 Å². The first-order valence-electron chi connectivity index (χ1n) is 11.9. The predicted octanol–water partition coefficient (Wildman–Crippen LogP) is 7.53. The molecule has 154 valence electrons. The van der Waals surface area contributed by atoms with Gasteiger partial charge in [-0.05, 0) is 55.2 Å². The second-order valence-electron chi connectivity index (χ2n) is 9.31. The van der Waals surface area contributed by atoms with Crippen LogP contribution in [0, 0.1) is 39.0 Å². The van der Waals surface area contributed by atoms with Crippen molar-refractivity contribution >= 4 is 0 Å². The van der Waals surface area contributed by atoms with E-state index < -0.39 is 0 Å². The van der Waals surface area contributed by atoms with Crippen molar-refractivity contribution in [2.45, 2.75) is 97.3 Å². The topological polar surface area (TPSA) is 33.0 Å². The number of benzene rings is 1. The number of nitrogens with zero attached hydrogens (tertiary/aromatic N) is 1. The molecule has 4 aliphatic carbocycles. The smallest absolute Gasteiger partial charge is 0.127 e. The van der Waals surface area contributed by atoms with Gasteiger partial charge in [-0.3, -0.25) is 0 Å². The molecule has 3 atom stereocenters. The maximum absolute atomic E-state index is 9.41. The summed E-state index contributed by atoms with van der Waals surface area (Å²) in [7, 11) is 0. The van der Waals surface area contributed by atoms with Gasteiger partial charge in [-0.1, -0.05) is 77.3 Å². The SMILES string of the molecule is CCCC1(C#N)CCC2CCCCC2C1.CCCCCCOc1cc2ccc1=2. The number of fused-ring (bicyclic) bond motifs is 1. The van der Waals surface area contributed by atoms with Gasteiger partial charge in [0.05, 0.1) is 18.1 Å². The quantitative estimate of drug-likeness (QED) is 0.443. The van der Waals surface area contributed by atoms with Crippen LogP contribution < -0.4 is 4.74 Å². The number of unbranched alkanes of at least 4 members (excludes halogenated alkanes) is 3. The molecule has 2 nitrogen and oxygen atoms in total. The molecule has 0 aromatic carbocycles. The predicted molar refractivity (Wildman–Crippen MR) is 116 cm³/mol. The van der Waals surface area contributed by atoms with Crippen LogP contribution in [-0.4, -0.2) is 6.61 Å². The number of ether oxygens (including phenoxy) is 1. The third kappa shape index (κ3) is 5.11. The van der Waals surface area contributed by atoms with E-state index in [-0.39, 0.29) is 5.41 Å². The number of nitriles is 1. The first-order chi connectivity index (χ1) is 13.7. The van der Waals surface area contributed by atoms with Crippen LogP contribution in [0.25, 0.3) is 0 Å². The van der Waals surface area contributed by atoms with Gasteiger partial charge in [0.2, 0.25) is 0 Å². The van der Waals surface area contributed by atoms with Crippen LogP contribution in [0.15, 0.2) is 18.2 Å². The third-order valence-corrected chi connectivity index (χ3v) is 7.23. The Labute approximate surface area is 172 Å². The van der Waals surface area contributed by atoms with Gasteiger partial charge in [0, 0.05) is 5.22 Å². The fraction of sp³-hybridized carbons (Fsp3) is 0.731. The van der Waals surface area contributed by atoms with Gasteiger partial charge in [0.25, 0.3) is 0 Å². The lowest BCUT2D eigenvalue weighted by atomic mass is 9.60. The Morgan fingerprint density at radius 2 is 1.86 bits per heavy atom. The van der Waals surface area contributed by atoms with E-state index in [0.29, 0.717) is 0 Å². The highest BCUT2D eigenvalue weighted by Crippen LogP contribution is 2.49. The zero-order valence-corrected chi connectivity index (χ0v) is 18.1. The summed E-state index contributed by atoms with van der Waals surface area (Å²) in [6, 6.07) is 9.02. The lowest BCUT2D eigenvalue weighted by Gasteiger charge is -2.43. The normalized spacial score (nSPS) is 27.0. The molecule has 0 N–H and O–H groups in total. The summed E-state index contributed by atoms with van der Waals surface area (Å²) in [6.45, 7) is 5.33. The zero-order valence-electron chi connectivity index (χ0n) is 18.1. The van der Waals surface area contributed by atoms with Gasteiger partial charge in [-0.15, -0.1) is 0 Å². The summed E-state index contributed by atoms with van der Waals surface area (Å²) >= 11 is 0. The van der Waals surface area contributed by atoms with Gasteiger partial charge in [0.1, 0.15) is 5.75 Å². The van der Waals surface area contributed by atoms with Crippen LogP contribution in [0.4, 0.5) is 0 Å². The van der Waals surface area contributed by atoms with Crippen LogP contribution in [0.3, 0.4) is 0 Å². The Morgan fingerprint density at radius 1 is 1.04 bits per heavy atom. The maximum atomic E-state index is 9.41. The van der Waals surface area contributed by atoms with Crippen LogP contribution in [-0.2, 0) is 0 Å². The van der Waals surface area contributed by atoms with E-state index in [1.807, 2.05) is 0 Å². The minimum Gasteiger partial charge on any atom is -0.493 e. The lowest BCUT2D eigenvalue weighted by Crippen LogP contribution is -2.34. The van der Waals surface area contributed by atoms with Gasteiger partial charge >= 0.3 is 0 Å². The van der Waals surface area contributed by atoms with Gasteiger partial charge in [-0.2, -0.15) is 5.26 Å². The minimum atomic E-state index is 0.0628. The average molecular weight is 382 g/mol. The molecule has 0 bridgehead atoms. The Balaban J connectivity index is 0.000000162. The molecule has 0 spiro atoms. The molecule has 0 heterocycles. The van der Waals surface area contributed by atoms with Crippen molar-refractivity contribution in [1.82, 2.24) is 0 Å². The van der Waals surface area contributed by atoms with Crippen molar-refractivity contribution in [2.24, 2.45) is 17.3 Å². The Hall–Kier alpha value is -1.49. The van der Waals surface area contributed by atoms with E-state index in [4.69, 9.17) is 4.74 Å². The van der Waals surface area contributed by atoms with Gasteiger partial charge in [-0.25, -0.2) is 0 Å². The highest BCUT2D eigenvalue weighted by Gasteiger charge is 2.40. The molecule has 3 unspecified atom stereocenters. The molecule has 0 saturated heterocycles. The molecule has 0 aliphatic heterocycles. The van der Waals surface area contributed by atoms with E-state index in [2.05, 4.69) is 38.1 Å². The van der Waals surface area contributed by atoms with E-state index in [1.54, 1.807) is 0 Å². The van der Waals surface area contributed by atoms with Crippen LogP contribution in [0.2, 0.25) is 0 Å². The zero-order chi connectivity index (χ0) is 19.8. The molecule has 4 rings (SSSR count). The molecule has 2 fully saturated rings. The molecule has 0 aromatic rings. The number of hydrogen-bond donors (Lipinski definition) is 0. The number of hydrogen-bond acceptors (Lipinski definition) is 2. The largest absolute Gasteiger partial charge is 0.493 e. The van der Waals surface area contributed by atoms with Crippen LogP contribution >= 0.6 is 0 Å². The Bertz CT molecular complexity index is 749. The van der Waals surface area contributed by atoms with E-state index in [0.717, 1.165) is 30.6 Å². The van der Waals surface area contributed by atoms with Crippen molar-refractivity contribution in [3.05, 3.63) is 28.6 Å². The average Bonchev–Trinajstić information content (AvgIpc) is 2.71. The number of rotatable bonds is 8. The third-order valence-electron chi connectivity index (χ3n) is 7.23. The van der Waals surface area contributed by atoms with Crippen LogP contribution in [0.5, 0.6) is 5.75 Å². The fourth-order valence-electron chi connectivity index (χ4n) is 5.45. The Morgan fingerprint density at radius 3 is 2.46 bits per heavy atom. The summed E-state index contributed by atoms with van der Waals surface area (Å²) in [6.07, 6.45) is 16.8. The molecule has 0 radical (unpaired) electrons. The highest BCUT2D eigenvalue weighted by atomic mass is 16.5. The van der Waals surface area contributed by atoms with Crippen molar-refractivity contribution in [3.63, 3.8) is 0 Å². The van der Waals surface area contributed by atoms with Crippen LogP contribution in [0.1, 0.15) is 97.3 Å². The molecule has 28 heavy (non-hydrogen) atoms. The first kappa shape index (κ1) is 21.2. The molecule has 0 amide bonds. The van der Waals surface area contributed by atoms with E-state index in [9.17, 15) is 5.26 Å². The summed E-state index contributed by atoms with van der Waals surface area (Å²) in [5, 5.41) is 12.1. The lowest BCUT2D eigenvalue weighted by molar-refractivity contribution is 0.0880. The fourth-order valence-corrected chi connectivity index (χ4v) is 5.45. The second kappa shape index (κ2) is 10.3. The summed E-state index contributed by atoms with van der Waals surface area (Å²) in [4.78, 5) is 0. The van der Waals surface area contributed by atoms with Crippen molar-refractivity contribution in [2.75, 3.05) is 6.61 Å². The molecular weight excluding hydrogens is 342 g/mol. The molecular formula is C26H39NO. The van der Waals surface area contributed by atoms with E-state index >= 15 is 0 Å². The highest BCUT2D eigenvalue weighted by molar-refractivity contribution is 5.38. The first-order valence-corrected chi connectivity index (χ1v) is 11.9. The van der Waals surface area contributed by atoms with Gasteiger partial charge in [0.15, 0.2) is 0 Å².